The van der Waals surface area contributed by atoms with Crippen LogP contribution in [0.2, 0.25) is 0 Å². The van der Waals surface area contributed by atoms with Gasteiger partial charge in [-0.25, -0.2) is 9.97 Å². The molecule has 4 heterocycles. The molecular weight excluding hydrogens is 889 g/mol. The fourth-order valence-corrected chi connectivity index (χ4v) is 8.80. The maximum Gasteiger partial charge on any atom is 0.305 e. The smallest absolute Gasteiger partial charge is 0.305 e. The van der Waals surface area contributed by atoms with Crippen LogP contribution in [-0.2, 0) is 28.4 Å². The van der Waals surface area contributed by atoms with Gasteiger partial charge in [0.05, 0.1) is 32.5 Å². The number of carbonyl (C=O) groups is 2. The lowest BCUT2D eigenvalue weighted by Crippen LogP contribution is -2.23. The van der Waals surface area contributed by atoms with Crippen molar-refractivity contribution >= 4 is 69.2 Å². The molecule has 0 spiro atoms. The minimum Gasteiger partial charge on any atom is -0.494 e. The van der Waals surface area contributed by atoms with Crippen molar-refractivity contribution in [3.8, 4) is 11.5 Å². The third-order valence-electron chi connectivity index (χ3n) is 12.6. The molecule has 0 saturated heterocycles. The number of ether oxygens (including phenoxy) is 3. The van der Waals surface area contributed by atoms with E-state index in [9.17, 15) is 9.59 Å². The number of aliphatic carboxylic acids is 1. The van der Waals surface area contributed by atoms with Gasteiger partial charge in [-0.2, -0.15) is 19.9 Å². The normalized spacial score (nSPS) is 14.2. The molecule has 0 amide bonds. The number of rotatable bonds is 25. The Bertz CT molecular complexity index is 2540. The Labute approximate surface area is 411 Å². The van der Waals surface area contributed by atoms with Crippen LogP contribution in [0.15, 0.2) is 61.2 Å². The van der Waals surface area contributed by atoms with E-state index in [1.54, 1.807) is 12.7 Å². The Morgan fingerprint density at radius 3 is 1.44 bits per heavy atom. The summed E-state index contributed by atoms with van der Waals surface area (Å²) in [5, 5.41) is 22.5. The first kappa shape index (κ1) is 51.1. The van der Waals surface area contributed by atoms with Crippen LogP contribution >= 0.6 is 0 Å². The zero-order chi connectivity index (χ0) is 48.9. The molecule has 2 saturated carbocycles. The van der Waals surface area contributed by atoms with E-state index in [4.69, 9.17) is 34.3 Å². The number of hydrogen-bond donors (Lipinski definition) is 5. The number of carbonyl (C=O) groups excluding carboxylic acids is 1. The fraction of sp³-hybridized carbons (Fsp3) is 0.538. The quantitative estimate of drug-likeness (QED) is 0.0266. The van der Waals surface area contributed by atoms with E-state index >= 15 is 0 Å². The maximum atomic E-state index is 11.4. The molecule has 2 aliphatic rings. The molecule has 2 aliphatic carbocycles. The zero-order valence-electron chi connectivity index (χ0n) is 41.3. The number of nitrogens with one attached hydrogen (secondary N) is 4. The standard InChI is InChI=1S/C27H38N6O3.C25H34N6O3/c1-3-35-23(34)13-9-4-5-10-18-36-22-16-14-21(15-17-22)30-27-31-25(29-20-11-7-6-8-12-20)24-26(32-27)33(2)19-28-24;1-31-17-26-22-23(27-18-9-5-4-6-10-18)29-25(30-24(22)31)28-19-12-14-20(15-13-19)34-16-8-3-2-7-11-21(32)33/h14-17,19-20H,3-13,18H2,1-2H3,(H2,29,30,31,32);12-15,17-18H,2-11,16H2,1H3,(H,32,33)(H2,27,28,29,30). The number of carboxylic acids is 1. The Morgan fingerprint density at radius 2 is 1.01 bits per heavy atom. The molecule has 6 aromatic rings. The van der Waals surface area contributed by atoms with Crippen LogP contribution in [0.4, 0.5) is 34.9 Å². The van der Waals surface area contributed by atoms with E-state index in [1.807, 2.05) is 78.7 Å². The number of carboxylic acid groups (broad SMARTS) is 1. The van der Waals surface area contributed by atoms with Crippen LogP contribution in [0.5, 0.6) is 11.5 Å². The van der Waals surface area contributed by atoms with Gasteiger partial charge in [-0.3, -0.25) is 9.59 Å². The lowest BCUT2D eigenvalue weighted by molar-refractivity contribution is -0.143. The molecule has 2 fully saturated rings. The summed E-state index contributed by atoms with van der Waals surface area (Å²) < 4.78 is 20.5. The summed E-state index contributed by atoms with van der Waals surface area (Å²) in [7, 11) is 3.89. The first-order valence-corrected chi connectivity index (χ1v) is 25.5. The molecular formula is C52H72N12O6. The lowest BCUT2D eigenvalue weighted by Gasteiger charge is -2.23. The molecule has 0 aliphatic heterocycles. The molecule has 5 N–H and O–H groups in total. The maximum absolute atomic E-state index is 11.4. The van der Waals surface area contributed by atoms with Gasteiger partial charge in [0.25, 0.3) is 0 Å². The molecule has 8 rings (SSSR count). The highest BCUT2D eigenvalue weighted by Gasteiger charge is 2.20. The van der Waals surface area contributed by atoms with E-state index in [0.29, 0.717) is 50.2 Å². The molecule has 0 atom stereocenters. The fourth-order valence-electron chi connectivity index (χ4n) is 8.80. The number of fused-ring (bicyclic) bond motifs is 2. The van der Waals surface area contributed by atoms with Crippen molar-refractivity contribution in [3.05, 3.63) is 61.2 Å². The minimum absolute atomic E-state index is 0.107. The highest BCUT2D eigenvalue weighted by molar-refractivity contribution is 5.86. The van der Waals surface area contributed by atoms with Gasteiger partial charge in [0.2, 0.25) is 11.9 Å². The van der Waals surface area contributed by atoms with Crippen molar-refractivity contribution in [3.63, 3.8) is 0 Å². The summed E-state index contributed by atoms with van der Waals surface area (Å²) in [6.07, 6.45) is 23.9. The molecule has 2 aromatic carbocycles. The van der Waals surface area contributed by atoms with Gasteiger partial charge < -0.3 is 49.7 Å². The van der Waals surface area contributed by atoms with E-state index < -0.39 is 5.97 Å². The Balaban J connectivity index is 0.000000207. The third kappa shape index (κ3) is 15.9. The van der Waals surface area contributed by atoms with E-state index in [2.05, 4.69) is 36.2 Å². The van der Waals surface area contributed by atoms with Gasteiger partial charge in [0, 0.05) is 50.4 Å². The van der Waals surface area contributed by atoms with Gasteiger partial charge in [0.1, 0.15) is 11.5 Å². The summed E-state index contributed by atoms with van der Waals surface area (Å²) >= 11 is 0. The largest absolute Gasteiger partial charge is 0.494 e. The number of aromatic nitrogens is 8. The number of nitrogens with zero attached hydrogens (tertiary/aromatic N) is 8. The van der Waals surface area contributed by atoms with Crippen LogP contribution in [0.3, 0.4) is 0 Å². The number of esters is 1. The van der Waals surface area contributed by atoms with Crippen LogP contribution in [0.1, 0.15) is 135 Å². The van der Waals surface area contributed by atoms with Gasteiger partial charge in [0.15, 0.2) is 34.0 Å². The van der Waals surface area contributed by atoms with Crippen molar-refractivity contribution < 1.29 is 28.9 Å². The van der Waals surface area contributed by atoms with Crippen LogP contribution in [0.25, 0.3) is 22.3 Å². The van der Waals surface area contributed by atoms with Gasteiger partial charge in [-0.05, 0) is 107 Å². The minimum atomic E-state index is -0.729. The molecule has 376 valence electrons. The first-order chi connectivity index (χ1) is 34.2. The molecule has 0 bridgehead atoms. The average Bonchev–Trinajstić information content (AvgIpc) is 3.94. The van der Waals surface area contributed by atoms with E-state index in [-0.39, 0.29) is 12.4 Å². The highest BCUT2D eigenvalue weighted by Crippen LogP contribution is 2.29. The predicted molar refractivity (Wildman–Crippen MR) is 274 cm³/mol. The van der Waals surface area contributed by atoms with Crippen LogP contribution in [0, 0.1) is 0 Å². The SMILES string of the molecule is CCOC(=O)CCCCCCOc1ccc(Nc2nc(NC3CCCCC3)c3ncn(C)c3n2)cc1.Cn1cnc2c(NC3CCCCC3)nc(Nc3ccc(OCCCCCCC(=O)O)cc3)nc21. The molecule has 70 heavy (non-hydrogen) atoms. The second-order valence-electron chi connectivity index (χ2n) is 18.3. The van der Waals surface area contributed by atoms with E-state index in [0.717, 1.165) is 134 Å². The Kier molecular flexibility index (Phi) is 19.6. The topological polar surface area (TPSA) is 217 Å². The number of imidazole rings is 2. The second-order valence-corrected chi connectivity index (χ2v) is 18.3. The van der Waals surface area contributed by atoms with Crippen LogP contribution in [-0.4, -0.2) is 88.0 Å². The Hall–Kier alpha value is -6.72. The Morgan fingerprint density at radius 1 is 0.586 bits per heavy atom. The zero-order valence-corrected chi connectivity index (χ0v) is 41.3. The third-order valence-corrected chi connectivity index (χ3v) is 12.6. The summed E-state index contributed by atoms with van der Waals surface area (Å²) in [4.78, 5) is 49.8. The molecule has 18 heteroatoms. The second kappa shape index (κ2) is 26.9. The number of aryl methyl sites for hydroxylation is 2. The van der Waals surface area contributed by atoms with Crippen molar-refractivity contribution in [2.75, 3.05) is 41.1 Å². The van der Waals surface area contributed by atoms with Gasteiger partial charge in [-0.15, -0.1) is 0 Å². The highest BCUT2D eigenvalue weighted by atomic mass is 16.5. The van der Waals surface area contributed by atoms with Gasteiger partial charge >= 0.3 is 11.9 Å². The lowest BCUT2D eigenvalue weighted by atomic mass is 9.95. The molecule has 4 aromatic heterocycles. The van der Waals surface area contributed by atoms with Crippen molar-refractivity contribution in [2.24, 2.45) is 14.1 Å². The van der Waals surface area contributed by atoms with Crippen LogP contribution < -0.4 is 30.7 Å². The van der Waals surface area contributed by atoms with E-state index in [1.165, 1.54) is 38.5 Å². The average molecular weight is 961 g/mol. The number of hydrogen-bond acceptors (Lipinski definition) is 15. The number of unbranched alkanes of at least 4 members (excludes halogenated alkanes) is 6. The molecule has 0 radical (unpaired) electrons. The van der Waals surface area contributed by atoms with Crippen molar-refractivity contribution in [2.45, 2.75) is 147 Å². The monoisotopic (exact) mass is 961 g/mol. The first-order valence-electron chi connectivity index (χ1n) is 25.5. The van der Waals surface area contributed by atoms with Crippen molar-refractivity contribution in [1.82, 2.24) is 39.0 Å². The summed E-state index contributed by atoms with van der Waals surface area (Å²) in [5.74, 6) is 3.44. The summed E-state index contributed by atoms with van der Waals surface area (Å²) in [6.45, 7) is 3.56. The molecule has 18 nitrogen and oxygen atoms in total. The molecule has 0 unspecified atom stereocenters. The van der Waals surface area contributed by atoms with Gasteiger partial charge in [-0.1, -0.05) is 64.2 Å². The summed E-state index contributed by atoms with van der Waals surface area (Å²) in [5.41, 5.74) is 4.97. The van der Waals surface area contributed by atoms with Crippen molar-refractivity contribution in [1.29, 1.82) is 0 Å². The summed E-state index contributed by atoms with van der Waals surface area (Å²) in [6, 6.07) is 16.5. The predicted octanol–water partition coefficient (Wildman–Crippen LogP) is 11.0. The number of anilines is 6. The number of benzene rings is 2.